The Morgan fingerprint density at radius 1 is 1.17 bits per heavy atom. The van der Waals surface area contributed by atoms with Crippen molar-refractivity contribution in [2.24, 2.45) is 5.92 Å². The third kappa shape index (κ3) is 4.28. The third-order valence-electron chi connectivity index (χ3n) is 4.29. The number of carbonyl (C=O) groups is 2. The van der Waals surface area contributed by atoms with Crippen molar-refractivity contribution >= 4 is 12.1 Å². The van der Waals surface area contributed by atoms with Crippen LogP contribution in [0.3, 0.4) is 0 Å². The van der Waals surface area contributed by atoms with Crippen LogP contribution in [0, 0.1) is 5.92 Å². The van der Waals surface area contributed by atoms with E-state index >= 15 is 0 Å². The van der Waals surface area contributed by atoms with Crippen LogP contribution in [-0.4, -0.2) is 42.8 Å². The molecule has 0 bridgehead atoms. The second-order valence-corrected chi connectivity index (χ2v) is 7.22. The smallest absolute Gasteiger partial charge is 0.410 e. The van der Waals surface area contributed by atoms with Crippen LogP contribution in [0.1, 0.15) is 44.7 Å². The molecule has 2 rings (SSSR count). The van der Waals surface area contributed by atoms with E-state index in [-0.39, 0.29) is 23.9 Å². The van der Waals surface area contributed by atoms with E-state index in [4.69, 9.17) is 9.47 Å². The summed E-state index contributed by atoms with van der Waals surface area (Å²) >= 11 is 0. The minimum atomic E-state index is -0.557. The van der Waals surface area contributed by atoms with Gasteiger partial charge in [0.2, 0.25) is 0 Å². The molecule has 24 heavy (non-hydrogen) atoms. The fourth-order valence-corrected chi connectivity index (χ4v) is 3.01. The monoisotopic (exact) mass is 333 g/mol. The van der Waals surface area contributed by atoms with E-state index < -0.39 is 5.60 Å². The zero-order chi connectivity index (χ0) is 17.9. The van der Waals surface area contributed by atoms with Gasteiger partial charge in [0.1, 0.15) is 5.60 Å². The Balaban J connectivity index is 2.20. The first-order chi connectivity index (χ1) is 11.2. The molecule has 1 aromatic rings. The number of hydrogen-bond acceptors (Lipinski definition) is 4. The topological polar surface area (TPSA) is 55.8 Å². The van der Waals surface area contributed by atoms with Crippen molar-refractivity contribution in [3.05, 3.63) is 35.4 Å². The molecule has 5 heteroatoms. The van der Waals surface area contributed by atoms with E-state index in [2.05, 4.69) is 19.1 Å². The van der Waals surface area contributed by atoms with Crippen LogP contribution in [0.2, 0.25) is 0 Å². The number of rotatable bonds is 3. The average Bonchev–Trinajstić information content (AvgIpc) is 2.98. The Morgan fingerprint density at radius 3 is 2.29 bits per heavy atom. The number of esters is 1. The lowest BCUT2D eigenvalue weighted by molar-refractivity contribution is -0.145. The Labute approximate surface area is 143 Å². The highest BCUT2D eigenvalue weighted by atomic mass is 16.6. The minimum absolute atomic E-state index is 0.0733. The largest absolute Gasteiger partial charge is 0.469 e. The number of hydrogen-bond donors (Lipinski definition) is 0. The number of amides is 1. The number of ether oxygens (including phenoxy) is 2. The third-order valence-corrected chi connectivity index (χ3v) is 4.29. The molecule has 1 aromatic carbocycles. The highest BCUT2D eigenvalue weighted by molar-refractivity contribution is 5.77. The molecule has 1 amide bonds. The van der Waals surface area contributed by atoms with Gasteiger partial charge in [-0.15, -0.1) is 0 Å². The normalized spacial score (nSPS) is 20.8. The molecule has 1 heterocycles. The van der Waals surface area contributed by atoms with E-state index in [1.54, 1.807) is 4.90 Å². The number of benzene rings is 1. The van der Waals surface area contributed by atoms with Gasteiger partial charge in [0.05, 0.1) is 13.0 Å². The molecule has 2 atom stereocenters. The molecule has 5 nitrogen and oxygen atoms in total. The summed E-state index contributed by atoms with van der Waals surface area (Å²) in [6.45, 7) is 8.38. The van der Waals surface area contributed by atoms with Crippen LogP contribution < -0.4 is 0 Å². The summed E-state index contributed by atoms with van der Waals surface area (Å²) in [6, 6.07) is 8.22. The van der Waals surface area contributed by atoms with Gasteiger partial charge in [0, 0.05) is 19.0 Å². The average molecular weight is 333 g/mol. The molecule has 0 aromatic heterocycles. The van der Waals surface area contributed by atoms with Crippen molar-refractivity contribution in [1.82, 2.24) is 4.90 Å². The molecule has 0 saturated carbocycles. The summed E-state index contributed by atoms with van der Waals surface area (Å²) in [4.78, 5) is 26.1. The van der Waals surface area contributed by atoms with E-state index in [0.29, 0.717) is 13.1 Å². The number of methoxy groups -OCH3 is 1. The highest BCUT2D eigenvalue weighted by Gasteiger charge is 2.42. The maximum Gasteiger partial charge on any atom is 0.410 e. The summed E-state index contributed by atoms with van der Waals surface area (Å²) in [7, 11) is 1.38. The Morgan fingerprint density at radius 2 is 1.79 bits per heavy atom. The van der Waals surface area contributed by atoms with Crippen molar-refractivity contribution in [1.29, 1.82) is 0 Å². The summed E-state index contributed by atoms with van der Waals surface area (Å²) in [5, 5.41) is 0. The maximum absolute atomic E-state index is 12.3. The first-order valence-electron chi connectivity index (χ1n) is 8.39. The van der Waals surface area contributed by atoms with Crippen LogP contribution in [0.15, 0.2) is 24.3 Å². The molecule has 0 radical (unpaired) electrons. The highest BCUT2D eigenvalue weighted by Crippen LogP contribution is 2.34. The zero-order valence-corrected chi connectivity index (χ0v) is 15.2. The van der Waals surface area contributed by atoms with Crippen LogP contribution >= 0.6 is 0 Å². The van der Waals surface area contributed by atoms with Crippen LogP contribution in [0.25, 0.3) is 0 Å². The van der Waals surface area contributed by atoms with E-state index in [0.717, 1.165) is 12.0 Å². The zero-order valence-electron chi connectivity index (χ0n) is 15.2. The summed E-state index contributed by atoms with van der Waals surface area (Å²) in [6.07, 6.45) is 0.583. The fraction of sp³-hybridized carbons (Fsp3) is 0.579. The van der Waals surface area contributed by atoms with Gasteiger partial charge in [-0.3, -0.25) is 4.79 Å². The number of aryl methyl sites for hydroxylation is 1. The number of carbonyl (C=O) groups excluding carboxylic acids is 2. The van der Waals surface area contributed by atoms with E-state index in [1.807, 2.05) is 32.9 Å². The molecule has 0 spiro atoms. The molecule has 1 aliphatic rings. The van der Waals surface area contributed by atoms with Crippen molar-refractivity contribution in [2.75, 3.05) is 20.2 Å². The van der Waals surface area contributed by atoms with Gasteiger partial charge >= 0.3 is 12.1 Å². The van der Waals surface area contributed by atoms with Gasteiger partial charge in [-0.1, -0.05) is 31.2 Å². The lowest BCUT2D eigenvalue weighted by atomic mass is 9.88. The Kier molecular flexibility index (Phi) is 5.52. The number of likely N-dealkylation sites (tertiary alicyclic amines) is 1. The lowest BCUT2D eigenvalue weighted by Crippen LogP contribution is -2.36. The standard InChI is InChI=1S/C19H27NO4/c1-6-13-7-9-14(10-8-13)15-11-20(12-16(15)17(21)23-5)18(22)24-19(2,3)4/h7-10,15-16H,6,11-12H2,1-5H3/t15-,16?/m0/s1. The lowest BCUT2D eigenvalue weighted by Gasteiger charge is -2.24. The van der Waals surface area contributed by atoms with Gasteiger partial charge in [-0.25, -0.2) is 4.79 Å². The summed E-state index contributed by atoms with van der Waals surface area (Å²) in [5.74, 6) is -0.725. The molecule has 1 aliphatic heterocycles. The first kappa shape index (κ1) is 18.3. The Bertz CT molecular complexity index is 588. The Hall–Kier alpha value is -2.04. The van der Waals surface area contributed by atoms with Crippen LogP contribution in [-0.2, 0) is 20.7 Å². The fourth-order valence-electron chi connectivity index (χ4n) is 3.01. The predicted molar refractivity (Wildman–Crippen MR) is 91.9 cm³/mol. The number of nitrogens with zero attached hydrogens (tertiary/aromatic N) is 1. The maximum atomic E-state index is 12.3. The van der Waals surface area contributed by atoms with Gasteiger partial charge in [-0.05, 0) is 38.3 Å². The minimum Gasteiger partial charge on any atom is -0.469 e. The van der Waals surface area contributed by atoms with Gasteiger partial charge in [0.25, 0.3) is 0 Å². The molecule has 0 N–H and O–H groups in total. The first-order valence-corrected chi connectivity index (χ1v) is 8.39. The van der Waals surface area contributed by atoms with Crippen LogP contribution in [0.4, 0.5) is 4.79 Å². The molecule has 132 valence electrons. The van der Waals surface area contributed by atoms with Gasteiger partial charge in [-0.2, -0.15) is 0 Å². The summed E-state index contributed by atoms with van der Waals surface area (Å²) in [5.41, 5.74) is 1.74. The van der Waals surface area contributed by atoms with Gasteiger partial charge in [0.15, 0.2) is 0 Å². The van der Waals surface area contributed by atoms with E-state index in [9.17, 15) is 9.59 Å². The van der Waals surface area contributed by atoms with E-state index in [1.165, 1.54) is 12.7 Å². The second kappa shape index (κ2) is 7.24. The van der Waals surface area contributed by atoms with Crippen molar-refractivity contribution < 1.29 is 19.1 Å². The SMILES string of the molecule is CCc1ccc([C@@H]2CN(C(=O)OC(C)(C)C)CC2C(=O)OC)cc1. The molecule has 0 aliphatic carbocycles. The van der Waals surface area contributed by atoms with Crippen molar-refractivity contribution in [3.63, 3.8) is 0 Å². The van der Waals surface area contributed by atoms with Crippen molar-refractivity contribution in [3.8, 4) is 0 Å². The molecule has 1 fully saturated rings. The quantitative estimate of drug-likeness (QED) is 0.796. The molecule has 1 unspecified atom stereocenters. The van der Waals surface area contributed by atoms with Crippen molar-refractivity contribution in [2.45, 2.75) is 45.6 Å². The second-order valence-electron chi connectivity index (χ2n) is 7.22. The predicted octanol–water partition coefficient (Wildman–Crippen LogP) is 3.37. The molecular formula is C19H27NO4. The van der Waals surface area contributed by atoms with Gasteiger partial charge < -0.3 is 14.4 Å². The van der Waals surface area contributed by atoms with Crippen LogP contribution in [0.5, 0.6) is 0 Å². The summed E-state index contributed by atoms with van der Waals surface area (Å²) < 4.78 is 10.4. The molecular weight excluding hydrogens is 306 g/mol. The molecule has 1 saturated heterocycles.